The molecule has 0 aliphatic rings. The summed E-state index contributed by atoms with van der Waals surface area (Å²) >= 11 is 0. The smallest absolute Gasteiger partial charge is 0.185 e. The second-order valence-electron chi connectivity index (χ2n) is 4.91. The predicted octanol–water partition coefficient (Wildman–Crippen LogP) is 3.13. The van der Waals surface area contributed by atoms with E-state index in [4.69, 9.17) is 14.9 Å². The van der Waals surface area contributed by atoms with E-state index in [-0.39, 0.29) is 6.10 Å². The molecule has 0 aliphatic carbocycles. The highest BCUT2D eigenvalue weighted by molar-refractivity contribution is 5.89. The first-order chi connectivity index (χ1) is 9.01. The van der Waals surface area contributed by atoms with Crippen LogP contribution in [0.1, 0.15) is 19.4 Å². The minimum Gasteiger partial charge on any atom is -0.497 e. The molecule has 0 atom stereocenters. The lowest BCUT2D eigenvalue weighted by atomic mass is 10.1. The van der Waals surface area contributed by atoms with Gasteiger partial charge in [-0.15, -0.1) is 0 Å². The van der Waals surface area contributed by atoms with Crippen LogP contribution >= 0.6 is 0 Å². The zero-order valence-electron chi connectivity index (χ0n) is 11.9. The van der Waals surface area contributed by atoms with Gasteiger partial charge in [0.1, 0.15) is 5.75 Å². The van der Waals surface area contributed by atoms with E-state index in [2.05, 4.69) is 4.57 Å². The quantitative estimate of drug-likeness (QED) is 0.678. The number of aryl methyl sites for hydroxylation is 1. The average Bonchev–Trinajstić information content (AvgIpc) is 2.64. The second-order valence-corrected chi connectivity index (χ2v) is 4.91. The molecule has 0 unspecified atom stereocenters. The molecule has 0 aliphatic heterocycles. The molecule has 1 heterocycles. The molecule has 4 heteroatoms. The Morgan fingerprint density at radius 1 is 1.37 bits per heavy atom. The van der Waals surface area contributed by atoms with Crippen LogP contribution in [-0.4, -0.2) is 23.7 Å². The molecule has 4 nitrogen and oxygen atoms in total. The van der Waals surface area contributed by atoms with E-state index in [9.17, 15) is 0 Å². The molecule has 0 saturated carbocycles. The van der Waals surface area contributed by atoms with Crippen molar-refractivity contribution in [2.24, 2.45) is 7.05 Å². The molecule has 0 fully saturated rings. The SMILES string of the molecule is COc1ccc2c(CC(=N)OC(C)C)cn(C)c2c1. The number of nitrogens with zero attached hydrogens (tertiary/aromatic N) is 1. The molecule has 19 heavy (non-hydrogen) atoms. The fourth-order valence-electron chi connectivity index (χ4n) is 2.21. The second kappa shape index (κ2) is 5.34. The van der Waals surface area contributed by atoms with Gasteiger partial charge in [-0.1, -0.05) is 0 Å². The Hall–Kier alpha value is -1.97. The Bertz CT molecular complexity index is 599. The maximum Gasteiger partial charge on any atom is 0.185 e. The molecule has 0 bridgehead atoms. The highest BCUT2D eigenvalue weighted by Gasteiger charge is 2.11. The van der Waals surface area contributed by atoms with Gasteiger partial charge in [-0.2, -0.15) is 0 Å². The van der Waals surface area contributed by atoms with E-state index in [1.807, 2.05) is 45.3 Å². The van der Waals surface area contributed by atoms with Crippen LogP contribution in [0, 0.1) is 5.41 Å². The standard InChI is InChI=1S/C15H20N2O2/c1-10(2)19-15(16)7-11-9-17(3)14-8-12(18-4)5-6-13(11)14/h5-6,8-10,16H,7H2,1-4H3. The topological polar surface area (TPSA) is 47.2 Å². The summed E-state index contributed by atoms with van der Waals surface area (Å²) in [4.78, 5) is 0. The fraction of sp³-hybridized carbons (Fsp3) is 0.400. The van der Waals surface area contributed by atoms with Crippen LogP contribution in [0.25, 0.3) is 10.9 Å². The van der Waals surface area contributed by atoms with Gasteiger partial charge in [0.25, 0.3) is 0 Å². The number of ether oxygens (including phenoxy) is 2. The number of fused-ring (bicyclic) bond motifs is 1. The van der Waals surface area contributed by atoms with Crippen LogP contribution in [0.4, 0.5) is 0 Å². The molecule has 1 aromatic heterocycles. The van der Waals surface area contributed by atoms with Gasteiger partial charge in [0.2, 0.25) is 0 Å². The van der Waals surface area contributed by atoms with Gasteiger partial charge in [-0.3, -0.25) is 5.41 Å². The van der Waals surface area contributed by atoms with E-state index in [0.29, 0.717) is 12.3 Å². The first-order valence-electron chi connectivity index (χ1n) is 6.37. The molecule has 1 N–H and O–H groups in total. The Kier molecular flexibility index (Phi) is 3.79. The van der Waals surface area contributed by atoms with Gasteiger partial charge in [0.05, 0.1) is 25.2 Å². The van der Waals surface area contributed by atoms with Crippen LogP contribution < -0.4 is 4.74 Å². The third kappa shape index (κ3) is 2.89. The van der Waals surface area contributed by atoms with E-state index in [0.717, 1.165) is 22.2 Å². The molecule has 1 aromatic carbocycles. The Morgan fingerprint density at radius 3 is 2.74 bits per heavy atom. The molecule has 0 amide bonds. The summed E-state index contributed by atoms with van der Waals surface area (Å²) < 4.78 is 12.7. The van der Waals surface area contributed by atoms with Crippen LogP contribution in [0.3, 0.4) is 0 Å². The minimum atomic E-state index is 0.0440. The molecule has 102 valence electrons. The van der Waals surface area contributed by atoms with Gasteiger partial charge in [0.15, 0.2) is 5.90 Å². The summed E-state index contributed by atoms with van der Waals surface area (Å²) in [7, 11) is 3.66. The maximum absolute atomic E-state index is 7.86. The van der Waals surface area contributed by atoms with E-state index < -0.39 is 0 Å². The molecular weight excluding hydrogens is 240 g/mol. The van der Waals surface area contributed by atoms with Gasteiger partial charge in [-0.05, 0) is 31.5 Å². The molecule has 2 rings (SSSR count). The van der Waals surface area contributed by atoms with Gasteiger partial charge in [0, 0.05) is 24.7 Å². The summed E-state index contributed by atoms with van der Waals surface area (Å²) in [5.74, 6) is 1.15. The summed E-state index contributed by atoms with van der Waals surface area (Å²) in [5, 5.41) is 9.00. The molecule has 0 spiro atoms. The number of benzene rings is 1. The van der Waals surface area contributed by atoms with Crippen molar-refractivity contribution in [1.29, 1.82) is 5.41 Å². The van der Waals surface area contributed by atoms with E-state index in [1.165, 1.54) is 0 Å². The van der Waals surface area contributed by atoms with Gasteiger partial charge >= 0.3 is 0 Å². The average molecular weight is 260 g/mol. The Balaban J connectivity index is 2.32. The first kappa shape index (κ1) is 13.5. The highest BCUT2D eigenvalue weighted by Crippen LogP contribution is 2.25. The zero-order valence-corrected chi connectivity index (χ0v) is 11.9. The van der Waals surface area contributed by atoms with Crippen molar-refractivity contribution in [3.05, 3.63) is 30.0 Å². The van der Waals surface area contributed by atoms with Crippen LogP contribution in [0.2, 0.25) is 0 Å². The van der Waals surface area contributed by atoms with Crippen LogP contribution in [-0.2, 0) is 18.2 Å². The lowest BCUT2D eigenvalue weighted by Crippen LogP contribution is -2.12. The molecule has 0 saturated heterocycles. The predicted molar refractivity (Wildman–Crippen MR) is 77.1 cm³/mol. The van der Waals surface area contributed by atoms with Crippen molar-refractivity contribution < 1.29 is 9.47 Å². The van der Waals surface area contributed by atoms with Crippen molar-refractivity contribution in [2.45, 2.75) is 26.4 Å². The Labute approximate surface area is 113 Å². The summed E-state index contributed by atoms with van der Waals surface area (Å²) in [6.07, 6.45) is 2.60. The number of aromatic nitrogens is 1. The number of hydrogen-bond acceptors (Lipinski definition) is 3. The first-order valence-corrected chi connectivity index (χ1v) is 6.37. The number of hydrogen-bond donors (Lipinski definition) is 1. The van der Waals surface area contributed by atoms with Gasteiger partial charge in [-0.25, -0.2) is 0 Å². The van der Waals surface area contributed by atoms with Crippen LogP contribution in [0.5, 0.6) is 5.75 Å². The third-order valence-electron chi connectivity index (χ3n) is 3.01. The van der Waals surface area contributed by atoms with E-state index >= 15 is 0 Å². The van der Waals surface area contributed by atoms with Crippen molar-refractivity contribution in [2.75, 3.05) is 7.11 Å². The summed E-state index contributed by atoms with van der Waals surface area (Å²) in [6, 6.07) is 5.98. The molecule has 0 radical (unpaired) electrons. The fourth-order valence-corrected chi connectivity index (χ4v) is 2.21. The van der Waals surface area contributed by atoms with E-state index in [1.54, 1.807) is 7.11 Å². The number of rotatable bonds is 4. The maximum atomic E-state index is 7.86. The summed E-state index contributed by atoms with van der Waals surface area (Å²) in [5.41, 5.74) is 2.21. The highest BCUT2D eigenvalue weighted by atomic mass is 16.5. The largest absolute Gasteiger partial charge is 0.497 e. The van der Waals surface area contributed by atoms with Gasteiger partial charge < -0.3 is 14.0 Å². The lowest BCUT2D eigenvalue weighted by molar-refractivity contribution is 0.221. The van der Waals surface area contributed by atoms with Crippen LogP contribution in [0.15, 0.2) is 24.4 Å². The number of nitrogens with one attached hydrogen (secondary N) is 1. The molecule has 2 aromatic rings. The number of methoxy groups -OCH3 is 1. The monoisotopic (exact) mass is 260 g/mol. The minimum absolute atomic E-state index is 0.0440. The van der Waals surface area contributed by atoms with Crippen molar-refractivity contribution in [3.8, 4) is 5.75 Å². The molecular formula is C15H20N2O2. The lowest BCUT2D eigenvalue weighted by Gasteiger charge is -2.09. The zero-order chi connectivity index (χ0) is 14.0. The third-order valence-corrected chi connectivity index (χ3v) is 3.01. The Morgan fingerprint density at radius 2 is 2.11 bits per heavy atom. The van der Waals surface area contributed by atoms with Crippen molar-refractivity contribution in [3.63, 3.8) is 0 Å². The van der Waals surface area contributed by atoms with Crippen molar-refractivity contribution in [1.82, 2.24) is 4.57 Å². The normalized spacial score (nSPS) is 11.0. The van der Waals surface area contributed by atoms with Crippen molar-refractivity contribution >= 4 is 16.8 Å². The summed E-state index contributed by atoms with van der Waals surface area (Å²) in [6.45, 7) is 3.87.